The number of ether oxygens (including phenoxy) is 2. The van der Waals surface area contributed by atoms with E-state index in [1.165, 1.54) is 11.1 Å². The quantitative estimate of drug-likeness (QED) is 0.685. The van der Waals surface area contributed by atoms with Gasteiger partial charge in [0.1, 0.15) is 0 Å². The molecule has 1 aromatic rings. The molecule has 0 saturated heterocycles. The Hall–Kier alpha value is -0.900. The summed E-state index contributed by atoms with van der Waals surface area (Å²) in [5.41, 5.74) is 2.54. The molecular formula is C15H25NO2. The van der Waals surface area contributed by atoms with Crippen LogP contribution in [0.1, 0.15) is 30.6 Å². The first-order valence-corrected chi connectivity index (χ1v) is 6.66. The van der Waals surface area contributed by atoms with Gasteiger partial charge in [-0.3, -0.25) is 0 Å². The predicted molar refractivity (Wildman–Crippen MR) is 74.9 cm³/mol. The minimum Gasteiger partial charge on any atom is -0.382 e. The number of hydrogen-bond donors (Lipinski definition) is 1. The van der Waals surface area contributed by atoms with Crippen molar-refractivity contribution in [3.63, 3.8) is 0 Å². The van der Waals surface area contributed by atoms with E-state index < -0.39 is 0 Å². The Morgan fingerprint density at radius 3 is 2.67 bits per heavy atom. The maximum atomic E-state index is 5.91. The van der Waals surface area contributed by atoms with Crippen molar-refractivity contribution in [2.45, 2.75) is 26.4 Å². The van der Waals surface area contributed by atoms with Crippen LogP contribution < -0.4 is 5.32 Å². The number of nitrogens with one attached hydrogen (secondary N) is 1. The molecule has 1 N–H and O–H groups in total. The van der Waals surface area contributed by atoms with Crippen molar-refractivity contribution in [2.75, 3.05) is 33.4 Å². The molecule has 0 bridgehead atoms. The molecule has 0 spiro atoms. The van der Waals surface area contributed by atoms with Gasteiger partial charge in [-0.25, -0.2) is 0 Å². The van der Waals surface area contributed by atoms with Crippen LogP contribution in [0.4, 0.5) is 0 Å². The topological polar surface area (TPSA) is 30.5 Å². The van der Waals surface area contributed by atoms with Gasteiger partial charge >= 0.3 is 0 Å². The molecule has 0 aliphatic carbocycles. The van der Waals surface area contributed by atoms with Gasteiger partial charge in [-0.2, -0.15) is 0 Å². The maximum Gasteiger partial charge on any atom is 0.0952 e. The van der Waals surface area contributed by atoms with E-state index >= 15 is 0 Å². The van der Waals surface area contributed by atoms with E-state index in [1.54, 1.807) is 7.11 Å². The van der Waals surface area contributed by atoms with Crippen LogP contribution in [0.5, 0.6) is 0 Å². The third-order valence-corrected chi connectivity index (χ3v) is 2.90. The molecule has 1 atom stereocenters. The van der Waals surface area contributed by atoms with Crippen LogP contribution in [-0.2, 0) is 9.47 Å². The molecule has 1 aromatic carbocycles. The maximum absolute atomic E-state index is 5.91. The highest BCUT2D eigenvalue weighted by molar-refractivity contribution is 5.28. The van der Waals surface area contributed by atoms with Crippen molar-refractivity contribution >= 4 is 0 Å². The summed E-state index contributed by atoms with van der Waals surface area (Å²) >= 11 is 0. The standard InChI is InChI=1S/C15H25NO2/c1-4-9-16-12-15(18-11-10-17-3)14-8-6-5-7-13(14)2/h5-8,15-16H,4,9-12H2,1-3H3. The summed E-state index contributed by atoms with van der Waals surface area (Å²) < 4.78 is 10.9. The van der Waals surface area contributed by atoms with Gasteiger partial charge in [0.05, 0.1) is 19.3 Å². The summed E-state index contributed by atoms with van der Waals surface area (Å²) in [5.74, 6) is 0. The van der Waals surface area contributed by atoms with Crippen LogP contribution in [-0.4, -0.2) is 33.4 Å². The van der Waals surface area contributed by atoms with Crippen LogP contribution in [0, 0.1) is 6.92 Å². The molecule has 0 amide bonds. The van der Waals surface area contributed by atoms with Crippen molar-refractivity contribution in [3.8, 4) is 0 Å². The summed E-state index contributed by atoms with van der Waals surface area (Å²) in [6.07, 6.45) is 1.24. The van der Waals surface area contributed by atoms with Crippen molar-refractivity contribution in [1.82, 2.24) is 5.32 Å². The van der Waals surface area contributed by atoms with Gasteiger partial charge in [0.25, 0.3) is 0 Å². The van der Waals surface area contributed by atoms with Crippen LogP contribution in [0.25, 0.3) is 0 Å². The molecule has 0 aromatic heterocycles. The lowest BCUT2D eigenvalue weighted by atomic mass is 10.0. The van der Waals surface area contributed by atoms with E-state index in [2.05, 4.69) is 43.4 Å². The Kier molecular flexibility index (Phi) is 7.65. The first-order chi connectivity index (χ1) is 8.79. The summed E-state index contributed by atoms with van der Waals surface area (Å²) in [5, 5.41) is 3.42. The molecule has 0 aliphatic heterocycles. The van der Waals surface area contributed by atoms with E-state index in [9.17, 15) is 0 Å². The Balaban J connectivity index is 2.60. The van der Waals surface area contributed by atoms with Crippen LogP contribution in [0.2, 0.25) is 0 Å². The molecule has 3 nitrogen and oxygen atoms in total. The van der Waals surface area contributed by atoms with Gasteiger partial charge < -0.3 is 14.8 Å². The summed E-state index contributed by atoms with van der Waals surface area (Å²) in [4.78, 5) is 0. The van der Waals surface area contributed by atoms with Gasteiger partial charge in [-0.15, -0.1) is 0 Å². The Bertz CT molecular complexity index is 318. The highest BCUT2D eigenvalue weighted by Crippen LogP contribution is 2.20. The number of benzene rings is 1. The smallest absolute Gasteiger partial charge is 0.0952 e. The van der Waals surface area contributed by atoms with Gasteiger partial charge in [-0.05, 0) is 31.0 Å². The number of hydrogen-bond acceptors (Lipinski definition) is 3. The van der Waals surface area contributed by atoms with Crippen molar-refractivity contribution < 1.29 is 9.47 Å². The third-order valence-electron chi connectivity index (χ3n) is 2.90. The number of methoxy groups -OCH3 is 1. The molecule has 0 aliphatic rings. The molecule has 102 valence electrons. The van der Waals surface area contributed by atoms with Gasteiger partial charge in [0, 0.05) is 13.7 Å². The minimum absolute atomic E-state index is 0.105. The van der Waals surface area contributed by atoms with E-state index in [4.69, 9.17) is 9.47 Å². The van der Waals surface area contributed by atoms with Gasteiger partial charge in [-0.1, -0.05) is 31.2 Å². The summed E-state index contributed by atoms with van der Waals surface area (Å²) in [6, 6.07) is 8.39. The van der Waals surface area contributed by atoms with E-state index in [0.717, 1.165) is 19.5 Å². The fourth-order valence-corrected chi connectivity index (χ4v) is 1.89. The van der Waals surface area contributed by atoms with Crippen LogP contribution in [0.15, 0.2) is 24.3 Å². The molecule has 1 unspecified atom stereocenters. The summed E-state index contributed by atoms with van der Waals surface area (Å²) in [6.45, 7) is 7.43. The van der Waals surface area contributed by atoms with Crippen molar-refractivity contribution in [2.24, 2.45) is 0 Å². The highest BCUT2D eigenvalue weighted by atomic mass is 16.5. The lowest BCUT2D eigenvalue weighted by molar-refractivity contribution is 0.0164. The highest BCUT2D eigenvalue weighted by Gasteiger charge is 2.13. The average Bonchev–Trinajstić information content (AvgIpc) is 2.38. The monoisotopic (exact) mass is 251 g/mol. The first kappa shape index (κ1) is 15.2. The van der Waals surface area contributed by atoms with Crippen LogP contribution >= 0.6 is 0 Å². The number of aryl methyl sites for hydroxylation is 1. The second-order valence-corrected chi connectivity index (χ2v) is 4.41. The third kappa shape index (κ3) is 5.17. The van der Waals surface area contributed by atoms with Gasteiger partial charge in [0.2, 0.25) is 0 Å². The van der Waals surface area contributed by atoms with Gasteiger partial charge in [0.15, 0.2) is 0 Å². The Labute approximate surface area is 110 Å². The second kappa shape index (κ2) is 9.09. The second-order valence-electron chi connectivity index (χ2n) is 4.41. The Morgan fingerprint density at radius 2 is 2.00 bits per heavy atom. The lowest BCUT2D eigenvalue weighted by Gasteiger charge is -2.20. The molecule has 0 heterocycles. The van der Waals surface area contributed by atoms with E-state index in [-0.39, 0.29) is 6.10 Å². The zero-order valence-corrected chi connectivity index (χ0v) is 11.7. The van der Waals surface area contributed by atoms with Crippen molar-refractivity contribution in [3.05, 3.63) is 35.4 Å². The molecule has 0 radical (unpaired) electrons. The Morgan fingerprint density at radius 1 is 1.22 bits per heavy atom. The van der Waals surface area contributed by atoms with Crippen molar-refractivity contribution in [1.29, 1.82) is 0 Å². The number of rotatable bonds is 9. The lowest BCUT2D eigenvalue weighted by Crippen LogP contribution is -2.25. The molecule has 3 heteroatoms. The molecule has 0 fully saturated rings. The zero-order chi connectivity index (χ0) is 13.2. The average molecular weight is 251 g/mol. The zero-order valence-electron chi connectivity index (χ0n) is 11.7. The molecule has 1 rings (SSSR count). The fourth-order valence-electron chi connectivity index (χ4n) is 1.89. The van der Waals surface area contributed by atoms with E-state index in [0.29, 0.717) is 13.2 Å². The van der Waals surface area contributed by atoms with Crippen LogP contribution in [0.3, 0.4) is 0 Å². The van der Waals surface area contributed by atoms with E-state index in [1.807, 2.05) is 0 Å². The fraction of sp³-hybridized carbons (Fsp3) is 0.600. The summed E-state index contributed by atoms with van der Waals surface area (Å²) in [7, 11) is 1.70. The molecule has 0 saturated carbocycles. The SMILES string of the molecule is CCCNCC(OCCOC)c1ccccc1C. The normalized spacial score (nSPS) is 12.6. The minimum atomic E-state index is 0.105. The first-order valence-electron chi connectivity index (χ1n) is 6.66. The molecular weight excluding hydrogens is 226 g/mol. The molecule has 18 heavy (non-hydrogen) atoms. The largest absolute Gasteiger partial charge is 0.382 e. The predicted octanol–water partition coefficient (Wildman–Crippen LogP) is 2.70.